The molecule has 0 radical (unpaired) electrons. The average molecular weight is 371 g/mol. The van der Waals surface area contributed by atoms with Gasteiger partial charge in [-0.3, -0.25) is 9.59 Å². The van der Waals surface area contributed by atoms with Gasteiger partial charge in [0.2, 0.25) is 5.91 Å². The highest BCUT2D eigenvalue weighted by molar-refractivity contribution is 8.00. The number of carbonyl (C=O) groups is 2. The molecule has 1 aromatic heterocycles. The molecule has 1 aromatic carbocycles. The fourth-order valence-electron chi connectivity index (χ4n) is 2.32. The van der Waals surface area contributed by atoms with Crippen molar-refractivity contribution in [3.63, 3.8) is 0 Å². The van der Waals surface area contributed by atoms with Crippen molar-refractivity contribution in [1.82, 2.24) is 4.98 Å². The van der Waals surface area contributed by atoms with Gasteiger partial charge in [-0.25, -0.2) is 9.37 Å². The summed E-state index contributed by atoms with van der Waals surface area (Å²) in [6.45, 7) is 4.97. The van der Waals surface area contributed by atoms with Crippen molar-refractivity contribution in [2.45, 2.75) is 37.5 Å². The predicted octanol–water partition coefficient (Wildman–Crippen LogP) is 4.11. The van der Waals surface area contributed by atoms with E-state index < -0.39 is 5.25 Å². The Morgan fingerprint density at radius 1 is 1.35 bits per heavy atom. The summed E-state index contributed by atoms with van der Waals surface area (Å²) in [6, 6.07) is 9.04. The van der Waals surface area contributed by atoms with E-state index in [1.165, 1.54) is 49.0 Å². The molecule has 1 amide bonds. The second kappa shape index (κ2) is 8.59. The number of ketones is 1. The standard InChI is InChI=1S/C19H18FN3O2S/c1-4-17(18(25)23-15-7-5-14(20)6-8-15)26-19-13(10-21)9-16(12(3)24)11(2)22-19/h5-9,17H,4H2,1-3H3,(H,23,25). The van der Waals surface area contributed by atoms with Crippen LogP contribution in [0.2, 0.25) is 0 Å². The Morgan fingerprint density at radius 2 is 2.00 bits per heavy atom. The molecular formula is C19H18FN3O2S. The molecule has 26 heavy (non-hydrogen) atoms. The number of nitrogens with zero attached hydrogens (tertiary/aromatic N) is 2. The van der Waals surface area contributed by atoms with Crippen LogP contribution in [0.1, 0.15) is 41.9 Å². The van der Waals surface area contributed by atoms with Crippen molar-refractivity contribution in [3.8, 4) is 6.07 Å². The zero-order valence-corrected chi connectivity index (χ0v) is 15.5. The van der Waals surface area contributed by atoms with E-state index in [1.807, 2.05) is 13.0 Å². The molecule has 2 aromatic rings. The van der Waals surface area contributed by atoms with Crippen LogP contribution in [0, 0.1) is 24.1 Å². The van der Waals surface area contributed by atoms with Crippen LogP contribution in [-0.2, 0) is 4.79 Å². The Labute approximate surface area is 155 Å². The number of amides is 1. The third kappa shape index (κ3) is 4.67. The number of aryl methyl sites for hydroxylation is 1. The van der Waals surface area contributed by atoms with Crippen LogP contribution in [0.4, 0.5) is 10.1 Å². The maximum absolute atomic E-state index is 13.0. The minimum Gasteiger partial charge on any atom is -0.325 e. The summed E-state index contributed by atoms with van der Waals surface area (Å²) in [4.78, 5) is 28.5. The number of halogens is 1. The Morgan fingerprint density at radius 3 is 2.54 bits per heavy atom. The minimum atomic E-state index is -0.484. The number of pyridine rings is 1. The molecule has 1 atom stereocenters. The normalized spacial score (nSPS) is 11.5. The van der Waals surface area contributed by atoms with E-state index in [0.717, 1.165) is 0 Å². The van der Waals surface area contributed by atoms with Crippen molar-refractivity contribution < 1.29 is 14.0 Å². The van der Waals surface area contributed by atoms with Gasteiger partial charge < -0.3 is 5.32 Å². The third-order valence-electron chi connectivity index (χ3n) is 3.71. The van der Waals surface area contributed by atoms with Crippen LogP contribution in [0.15, 0.2) is 35.4 Å². The first-order valence-corrected chi connectivity index (χ1v) is 8.89. The Kier molecular flexibility index (Phi) is 6.47. The number of hydrogen-bond donors (Lipinski definition) is 1. The molecular weight excluding hydrogens is 353 g/mol. The van der Waals surface area contributed by atoms with E-state index in [2.05, 4.69) is 10.3 Å². The summed E-state index contributed by atoms with van der Waals surface area (Å²) >= 11 is 1.17. The SMILES string of the molecule is CCC(Sc1nc(C)c(C(C)=O)cc1C#N)C(=O)Nc1ccc(F)cc1. The molecule has 1 N–H and O–H groups in total. The largest absolute Gasteiger partial charge is 0.325 e. The Balaban J connectivity index is 2.22. The monoisotopic (exact) mass is 371 g/mol. The van der Waals surface area contributed by atoms with Crippen LogP contribution >= 0.6 is 11.8 Å². The lowest BCUT2D eigenvalue weighted by atomic mass is 10.1. The molecule has 0 saturated heterocycles. The van der Waals surface area contributed by atoms with Crippen molar-refractivity contribution in [2.24, 2.45) is 0 Å². The summed E-state index contributed by atoms with van der Waals surface area (Å²) in [6.07, 6.45) is 0.512. The number of benzene rings is 1. The zero-order valence-electron chi connectivity index (χ0n) is 14.7. The molecule has 5 nitrogen and oxygen atoms in total. The first-order chi connectivity index (χ1) is 12.3. The zero-order chi connectivity index (χ0) is 19.3. The molecule has 0 aliphatic carbocycles. The fourth-order valence-corrected chi connectivity index (χ4v) is 3.35. The van der Waals surface area contributed by atoms with Gasteiger partial charge in [0.25, 0.3) is 0 Å². The van der Waals surface area contributed by atoms with E-state index in [9.17, 15) is 19.2 Å². The molecule has 0 bridgehead atoms. The summed E-state index contributed by atoms with van der Waals surface area (Å²) < 4.78 is 13.0. The van der Waals surface area contributed by atoms with Gasteiger partial charge in [0.1, 0.15) is 16.9 Å². The number of thioether (sulfide) groups is 1. The number of anilines is 1. The molecule has 1 unspecified atom stereocenters. The van der Waals surface area contributed by atoms with Crippen molar-refractivity contribution >= 4 is 29.1 Å². The summed E-state index contributed by atoms with van der Waals surface area (Å²) in [5, 5.41) is 12.0. The number of aromatic nitrogens is 1. The summed E-state index contributed by atoms with van der Waals surface area (Å²) in [5.41, 5.74) is 1.67. The lowest BCUT2D eigenvalue weighted by Crippen LogP contribution is -2.25. The summed E-state index contributed by atoms with van der Waals surface area (Å²) in [5.74, 6) is -0.805. The predicted molar refractivity (Wildman–Crippen MR) is 98.7 cm³/mol. The fraction of sp³-hybridized carbons (Fsp3) is 0.263. The highest BCUT2D eigenvalue weighted by atomic mass is 32.2. The van der Waals surface area contributed by atoms with Crippen molar-refractivity contribution in [2.75, 3.05) is 5.32 Å². The number of nitrogens with one attached hydrogen (secondary N) is 1. The first-order valence-electron chi connectivity index (χ1n) is 8.01. The van der Waals surface area contributed by atoms with Crippen LogP contribution in [0.25, 0.3) is 0 Å². The van der Waals surface area contributed by atoms with Gasteiger partial charge >= 0.3 is 0 Å². The average Bonchev–Trinajstić information content (AvgIpc) is 2.61. The molecule has 134 valence electrons. The Bertz CT molecular complexity index is 876. The number of rotatable bonds is 6. The number of hydrogen-bond acceptors (Lipinski definition) is 5. The topological polar surface area (TPSA) is 82.8 Å². The molecule has 0 spiro atoms. The maximum Gasteiger partial charge on any atom is 0.237 e. The quantitative estimate of drug-likeness (QED) is 0.610. The smallest absolute Gasteiger partial charge is 0.237 e. The van der Waals surface area contributed by atoms with Crippen molar-refractivity contribution in [3.05, 3.63) is 53.0 Å². The molecule has 0 fully saturated rings. The molecule has 0 saturated carbocycles. The Hall–Kier alpha value is -2.72. The third-order valence-corrected chi connectivity index (χ3v) is 5.07. The van der Waals surface area contributed by atoms with Gasteiger partial charge in [-0.05, 0) is 50.6 Å². The van der Waals surface area contributed by atoms with Crippen LogP contribution in [-0.4, -0.2) is 21.9 Å². The van der Waals surface area contributed by atoms with Crippen LogP contribution in [0.5, 0.6) is 0 Å². The van der Waals surface area contributed by atoms with E-state index in [-0.39, 0.29) is 23.1 Å². The van der Waals surface area contributed by atoms with Gasteiger partial charge in [-0.2, -0.15) is 5.26 Å². The molecule has 1 heterocycles. The van der Waals surface area contributed by atoms with Gasteiger partial charge in [0, 0.05) is 16.9 Å². The van der Waals surface area contributed by atoms with Crippen LogP contribution < -0.4 is 5.32 Å². The lowest BCUT2D eigenvalue weighted by Gasteiger charge is -2.16. The molecule has 0 aliphatic rings. The van der Waals surface area contributed by atoms with Gasteiger partial charge in [0.05, 0.1) is 10.8 Å². The molecule has 0 aliphatic heterocycles. The number of Topliss-reactive ketones (excluding diaryl/α,β-unsaturated/α-hetero) is 1. The number of carbonyl (C=O) groups excluding carboxylic acids is 2. The van der Waals surface area contributed by atoms with E-state index >= 15 is 0 Å². The second-order valence-electron chi connectivity index (χ2n) is 5.65. The highest BCUT2D eigenvalue weighted by Crippen LogP contribution is 2.29. The van der Waals surface area contributed by atoms with E-state index in [0.29, 0.717) is 28.4 Å². The minimum absolute atomic E-state index is 0.163. The van der Waals surface area contributed by atoms with Crippen molar-refractivity contribution in [1.29, 1.82) is 5.26 Å². The lowest BCUT2D eigenvalue weighted by molar-refractivity contribution is -0.115. The molecule has 2 rings (SSSR count). The van der Waals surface area contributed by atoms with Gasteiger partial charge in [-0.15, -0.1) is 0 Å². The molecule has 7 heteroatoms. The second-order valence-corrected chi connectivity index (χ2v) is 6.84. The first kappa shape index (κ1) is 19.6. The number of nitriles is 1. The maximum atomic E-state index is 13.0. The van der Waals surface area contributed by atoms with Crippen LogP contribution in [0.3, 0.4) is 0 Å². The van der Waals surface area contributed by atoms with Gasteiger partial charge in [0.15, 0.2) is 5.78 Å². The summed E-state index contributed by atoms with van der Waals surface area (Å²) in [7, 11) is 0. The van der Waals surface area contributed by atoms with E-state index in [4.69, 9.17) is 0 Å². The highest BCUT2D eigenvalue weighted by Gasteiger charge is 2.22. The van der Waals surface area contributed by atoms with Gasteiger partial charge in [-0.1, -0.05) is 18.7 Å². The van der Waals surface area contributed by atoms with E-state index in [1.54, 1.807) is 6.92 Å².